The standard InChI is InChI=1S/C22H22N4O3S/c1-4-15-5-7-16(8-6-15)17-11-19(29-25-17)24-18(27)9-10-26-12-23-21-20(22(26)28)13(2)14(3)30-21/h5-8,11-12H,4,9-10H2,1-3H3,(H,24,27). The maximum absolute atomic E-state index is 12.7. The molecule has 3 heterocycles. The number of anilines is 1. The average molecular weight is 423 g/mol. The molecular weight excluding hydrogens is 400 g/mol. The summed E-state index contributed by atoms with van der Waals surface area (Å²) < 4.78 is 6.71. The lowest BCUT2D eigenvalue weighted by Crippen LogP contribution is -2.23. The Balaban J connectivity index is 1.41. The quantitative estimate of drug-likeness (QED) is 0.500. The first-order valence-electron chi connectivity index (χ1n) is 9.77. The number of thiophene rings is 1. The summed E-state index contributed by atoms with van der Waals surface area (Å²) in [4.78, 5) is 31.2. The van der Waals surface area contributed by atoms with E-state index < -0.39 is 0 Å². The van der Waals surface area contributed by atoms with Gasteiger partial charge in [-0.05, 0) is 31.4 Å². The van der Waals surface area contributed by atoms with Crippen molar-refractivity contribution in [1.29, 1.82) is 0 Å². The van der Waals surface area contributed by atoms with Crippen molar-refractivity contribution >= 4 is 33.3 Å². The Morgan fingerprint density at radius 3 is 2.73 bits per heavy atom. The summed E-state index contributed by atoms with van der Waals surface area (Å²) >= 11 is 1.51. The normalized spacial score (nSPS) is 11.2. The van der Waals surface area contributed by atoms with E-state index in [1.54, 1.807) is 6.07 Å². The van der Waals surface area contributed by atoms with Crippen molar-refractivity contribution < 1.29 is 9.32 Å². The third-order valence-corrected chi connectivity index (χ3v) is 6.28. The van der Waals surface area contributed by atoms with Crippen molar-refractivity contribution in [1.82, 2.24) is 14.7 Å². The topological polar surface area (TPSA) is 90.0 Å². The highest BCUT2D eigenvalue weighted by Crippen LogP contribution is 2.25. The second-order valence-electron chi connectivity index (χ2n) is 7.13. The Hall–Kier alpha value is -3.26. The number of hydrogen-bond donors (Lipinski definition) is 1. The molecule has 4 rings (SSSR count). The van der Waals surface area contributed by atoms with Crippen LogP contribution < -0.4 is 10.9 Å². The van der Waals surface area contributed by atoms with Crippen LogP contribution in [0.25, 0.3) is 21.5 Å². The second kappa shape index (κ2) is 8.23. The maximum Gasteiger partial charge on any atom is 0.262 e. The number of aryl methyl sites for hydroxylation is 4. The molecule has 3 aromatic heterocycles. The summed E-state index contributed by atoms with van der Waals surface area (Å²) in [5.41, 5.74) is 3.65. The smallest absolute Gasteiger partial charge is 0.262 e. The van der Waals surface area contributed by atoms with E-state index in [2.05, 4.69) is 22.4 Å². The number of rotatable bonds is 6. The molecule has 0 saturated heterocycles. The molecule has 0 saturated carbocycles. The molecule has 0 unspecified atom stereocenters. The van der Waals surface area contributed by atoms with Gasteiger partial charge in [0.15, 0.2) is 0 Å². The van der Waals surface area contributed by atoms with Gasteiger partial charge in [0, 0.05) is 29.5 Å². The molecule has 1 aromatic carbocycles. The third-order valence-electron chi connectivity index (χ3n) is 5.17. The van der Waals surface area contributed by atoms with Gasteiger partial charge in [-0.15, -0.1) is 11.3 Å². The molecular formula is C22H22N4O3S. The fourth-order valence-electron chi connectivity index (χ4n) is 3.23. The average Bonchev–Trinajstić information content (AvgIpc) is 3.32. The second-order valence-corrected chi connectivity index (χ2v) is 8.33. The Bertz CT molecular complexity index is 1270. The van der Waals surface area contributed by atoms with Crippen molar-refractivity contribution in [3.63, 3.8) is 0 Å². The maximum atomic E-state index is 12.7. The van der Waals surface area contributed by atoms with Gasteiger partial charge in [0.25, 0.3) is 5.56 Å². The lowest BCUT2D eigenvalue weighted by molar-refractivity contribution is -0.116. The van der Waals surface area contributed by atoms with E-state index in [0.717, 1.165) is 27.3 Å². The zero-order valence-corrected chi connectivity index (χ0v) is 17.9. The molecule has 0 fully saturated rings. The number of fused-ring (bicyclic) bond motifs is 1. The van der Waals surface area contributed by atoms with Crippen LogP contribution in [0.1, 0.15) is 29.3 Å². The van der Waals surface area contributed by atoms with E-state index >= 15 is 0 Å². The van der Waals surface area contributed by atoms with E-state index in [1.807, 2.05) is 38.1 Å². The van der Waals surface area contributed by atoms with E-state index in [9.17, 15) is 9.59 Å². The summed E-state index contributed by atoms with van der Waals surface area (Å²) in [5.74, 6) is 0.0176. The summed E-state index contributed by atoms with van der Waals surface area (Å²) in [6, 6.07) is 9.73. The molecule has 1 amide bonds. The van der Waals surface area contributed by atoms with Gasteiger partial charge >= 0.3 is 0 Å². The molecule has 0 spiro atoms. The first-order chi connectivity index (χ1) is 14.5. The van der Waals surface area contributed by atoms with Crippen molar-refractivity contribution in [2.45, 2.75) is 40.2 Å². The molecule has 30 heavy (non-hydrogen) atoms. The Morgan fingerprint density at radius 1 is 1.23 bits per heavy atom. The molecule has 0 aliphatic carbocycles. The number of nitrogens with one attached hydrogen (secondary N) is 1. The van der Waals surface area contributed by atoms with Gasteiger partial charge in [0.05, 0.1) is 11.7 Å². The van der Waals surface area contributed by atoms with Crippen LogP contribution >= 0.6 is 11.3 Å². The molecule has 8 heteroatoms. The van der Waals surface area contributed by atoms with Gasteiger partial charge in [0.2, 0.25) is 11.8 Å². The Labute approximate surface area is 177 Å². The Morgan fingerprint density at radius 2 is 2.00 bits per heavy atom. The zero-order chi connectivity index (χ0) is 21.3. The number of hydrogen-bond acceptors (Lipinski definition) is 6. The number of amides is 1. The molecule has 1 N–H and O–H groups in total. The molecule has 0 aliphatic rings. The van der Waals surface area contributed by atoms with Gasteiger partial charge in [0.1, 0.15) is 10.5 Å². The van der Waals surface area contributed by atoms with Crippen molar-refractivity contribution in [2.24, 2.45) is 0 Å². The van der Waals surface area contributed by atoms with Crippen molar-refractivity contribution in [3.8, 4) is 11.3 Å². The molecule has 7 nitrogen and oxygen atoms in total. The van der Waals surface area contributed by atoms with Crippen LogP contribution in [-0.2, 0) is 17.8 Å². The molecule has 0 radical (unpaired) electrons. The van der Waals surface area contributed by atoms with Crippen LogP contribution in [0.2, 0.25) is 0 Å². The highest BCUT2D eigenvalue weighted by Gasteiger charge is 2.14. The lowest BCUT2D eigenvalue weighted by atomic mass is 10.1. The molecule has 0 aliphatic heterocycles. The fraction of sp³-hybridized carbons (Fsp3) is 0.273. The van der Waals surface area contributed by atoms with Crippen LogP contribution in [0.4, 0.5) is 5.88 Å². The lowest BCUT2D eigenvalue weighted by Gasteiger charge is -2.05. The Kier molecular flexibility index (Phi) is 5.50. The molecule has 154 valence electrons. The minimum absolute atomic E-state index is 0.118. The van der Waals surface area contributed by atoms with E-state index in [-0.39, 0.29) is 30.3 Å². The highest BCUT2D eigenvalue weighted by molar-refractivity contribution is 7.18. The number of nitrogens with zero attached hydrogens (tertiary/aromatic N) is 3. The number of aromatic nitrogens is 3. The van der Waals surface area contributed by atoms with Crippen molar-refractivity contribution in [2.75, 3.05) is 5.32 Å². The van der Waals surface area contributed by atoms with Crippen LogP contribution in [0.5, 0.6) is 0 Å². The molecule has 0 bridgehead atoms. The number of carbonyl (C=O) groups excluding carboxylic acids is 1. The van der Waals surface area contributed by atoms with Crippen molar-refractivity contribution in [3.05, 3.63) is 63.0 Å². The summed E-state index contributed by atoms with van der Waals surface area (Å²) in [7, 11) is 0. The van der Waals surface area contributed by atoms with E-state index in [4.69, 9.17) is 4.52 Å². The van der Waals surface area contributed by atoms with Gasteiger partial charge in [-0.1, -0.05) is 36.3 Å². The summed E-state index contributed by atoms with van der Waals surface area (Å²) in [6.07, 6.45) is 2.59. The summed E-state index contributed by atoms with van der Waals surface area (Å²) in [6.45, 7) is 6.24. The van der Waals surface area contributed by atoms with E-state index in [0.29, 0.717) is 11.1 Å². The van der Waals surface area contributed by atoms with Crippen LogP contribution in [-0.4, -0.2) is 20.6 Å². The highest BCUT2D eigenvalue weighted by atomic mass is 32.1. The minimum atomic E-state index is -0.260. The van der Waals surface area contributed by atoms with Crippen LogP contribution in [0, 0.1) is 13.8 Å². The SMILES string of the molecule is CCc1ccc(-c2cc(NC(=O)CCn3cnc4sc(C)c(C)c4c3=O)on2)cc1. The van der Waals surface area contributed by atoms with Gasteiger partial charge in [-0.25, -0.2) is 4.98 Å². The van der Waals surface area contributed by atoms with Crippen LogP contribution in [0.15, 0.2) is 46.0 Å². The van der Waals surface area contributed by atoms with Gasteiger partial charge < -0.3 is 4.52 Å². The molecule has 0 atom stereocenters. The molecule has 4 aromatic rings. The van der Waals surface area contributed by atoms with Gasteiger partial charge in [-0.2, -0.15) is 0 Å². The minimum Gasteiger partial charge on any atom is -0.338 e. The van der Waals surface area contributed by atoms with Gasteiger partial charge in [-0.3, -0.25) is 19.5 Å². The fourth-order valence-corrected chi connectivity index (χ4v) is 4.22. The number of carbonyl (C=O) groups is 1. The third kappa shape index (κ3) is 3.91. The monoisotopic (exact) mass is 422 g/mol. The largest absolute Gasteiger partial charge is 0.338 e. The predicted molar refractivity (Wildman–Crippen MR) is 118 cm³/mol. The predicted octanol–water partition coefficient (Wildman–Crippen LogP) is 4.32. The van der Waals surface area contributed by atoms with E-state index in [1.165, 1.54) is 27.8 Å². The van der Waals surface area contributed by atoms with Crippen LogP contribution in [0.3, 0.4) is 0 Å². The number of benzene rings is 1. The zero-order valence-electron chi connectivity index (χ0n) is 17.1. The first-order valence-corrected chi connectivity index (χ1v) is 10.6. The summed E-state index contributed by atoms with van der Waals surface area (Å²) in [5, 5.41) is 7.35. The first kappa shape index (κ1) is 20.0.